The lowest BCUT2D eigenvalue weighted by atomic mass is 9.96. The maximum absolute atomic E-state index is 5.29. The topological polar surface area (TPSA) is 25.8 Å². The number of benzene rings is 7. The van der Waals surface area contributed by atoms with Crippen LogP contribution in [0.1, 0.15) is 0 Å². The van der Waals surface area contributed by atoms with Crippen molar-refractivity contribution >= 4 is 54.0 Å². The zero-order chi connectivity index (χ0) is 29.0. The van der Waals surface area contributed by atoms with Gasteiger partial charge in [0, 0.05) is 22.7 Å². The molecule has 0 fully saturated rings. The van der Waals surface area contributed by atoms with Crippen LogP contribution in [0, 0.1) is 0 Å². The van der Waals surface area contributed by atoms with Crippen LogP contribution < -0.4 is 0 Å². The smallest absolute Gasteiger partial charge is 0.0715 e. The molecule has 0 atom stereocenters. The van der Waals surface area contributed by atoms with Crippen LogP contribution >= 0.6 is 0 Å². The number of nitrogens with zero attached hydrogens (tertiary/aromatic N) is 2. The molecule has 44 heavy (non-hydrogen) atoms. The Morgan fingerprint density at radius 1 is 0.295 bits per heavy atom. The van der Waals surface area contributed by atoms with Crippen LogP contribution in [0.2, 0.25) is 0 Å². The minimum Gasteiger partial charge on any atom is -0.256 e. The molecule has 0 aliphatic carbocycles. The van der Waals surface area contributed by atoms with Gasteiger partial charge < -0.3 is 0 Å². The van der Waals surface area contributed by atoms with Crippen LogP contribution in [0.3, 0.4) is 0 Å². The number of fused-ring (bicyclic) bond motifs is 5. The van der Waals surface area contributed by atoms with Crippen LogP contribution in [0.25, 0.3) is 87.6 Å². The molecule has 0 spiro atoms. The highest BCUT2D eigenvalue weighted by atomic mass is 14.7. The van der Waals surface area contributed by atoms with E-state index in [0.717, 1.165) is 44.5 Å². The largest absolute Gasteiger partial charge is 0.256 e. The fourth-order valence-corrected chi connectivity index (χ4v) is 6.45. The molecule has 0 radical (unpaired) electrons. The molecular formula is C42H26N2. The van der Waals surface area contributed by atoms with E-state index in [-0.39, 0.29) is 0 Å². The Morgan fingerprint density at radius 3 is 1.32 bits per heavy atom. The molecule has 2 heteroatoms. The molecule has 9 rings (SSSR count). The monoisotopic (exact) mass is 558 g/mol. The number of hydrogen-bond donors (Lipinski definition) is 0. The van der Waals surface area contributed by atoms with E-state index in [4.69, 9.17) is 4.98 Å². The summed E-state index contributed by atoms with van der Waals surface area (Å²) in [5.41, 5.74) is 7.39. The van der Waals surface area contributed by atoms with Crippen molar-refractivity contribution in [2.45, 2.75) is 0 Å². The second kappa shape index (κ2) is 9.86. The second-order valence-corrected chi connectivity index (χ2v) is 11.6. The van der Waals surface area contributed by atoms with Gasteiger partial charge in [0.2, 0.25) is 0 Å². The van der Waals surface area contributed by atoms with E-state index in [1.165, 1.54) is 43.1 Å². The molecule has 2 aromatic heterocycles. The number of hydrogen-bond acceptors (Lipinski definition) is 2. The van der Waals surface area contributed by atoms with E-state index >= 15 is 0 Å². The zero-order valence-electron chi connectivity index (χ0n) is 23.9. The van der Waals surface area contributed by atoms with E-state index in [1.54, 1.807) is 0 Å². The summed E-state index contributed by atoms with van der Waals surface area (Å²) >= 11 is 0. The molecule has 0 aliphatic heterocycles. The fraction of sp³-hybridized carbons (Fsp3) is 0. The Balaban J connectivity index is 1.24. The van der Waals surface area contributed by atoms with Gasteiger partial charge in [-0.05, 0) is 121 Å². The minimum atomic E-state index is 0.956. The molecule has 0 bridgehead atoms. The van der Waals surface area contributed by atoms with Crippen LogP contribution in [-0.4, -0.2) is 9.97 Å². The molecule has 0 N–H and O–H groups in total. The summed E-state index contributed by atoms with van der Waals surface area (Å²) in [7, 11) is 0. The SMILES string of the molecule is c1ccc2cc3cc(-c4cc(-c5ccc6ncccc6c5)cc(-c5ccc6cc7ccccc7cc6c5)n4)ccc3cc2c1. The number of pyridine rings is 2. The molecule has 0 aliphatic rings. The van der Waals surface area contributed by atoms with Crippen molar-refractivity contribution in [2.75, 3.05) is 0 Å². The third kappa shape index (κ3) is 4.28. The van der Waals surface area contributed by atoms with Gasteiger partial charge in [-0.3, -0.25) is 4.98 Å². The van der Waals surface area contributed by atoms with Gasteiger partial charge in [-0.2, -0.15) is 0 Å². The average molecular weight is 559 g/mol. The Hall–Kier alpha value is -5.86. The molecule has 0 amide bonds. The van der Waals surface area contributed by atoms with Crippen molar-refractivity contribution in [3.8, 4) is 33.6 Å². The molecule has 7 aromatic carbocycles. The first-order valence-electron chi connectivity index (χ1n) is 15.0. The van der Waals surface area contributed by atoms with Crippen molar-refractivity contribution < 1.29 is 0 Å². The summed E-state index contributed by atoms with van der Waals surface area (Å²) in [6.45, 7) is 0. The molecular weight excluding hydrogens is 532 g/mol. The molecule has 0 unspecified atom stereocenters. The predicted molar refractivity (Wildman–Crippen MR) is 186 cm³/mol. The van der Waals surface area contributed by atoms with Gasteiger partial charge in [0.25, 0.3) is 0 Å². The van der Waals surface area contributed by atoms with Crippen molar-refractivity contribution in [1.82, 2.24) is 9.97 Å². The lowest BCUT2D eigenvalue weighted by molar-refractivity contribution is 1.33. The minimum absolute atomic E-state index is 0.956. The van der Waals surface area contributed by atoms with Crippen LogP contribution in [0.4, 0.5) is 0 Å². The van der Waals surface area contributed by atoms with Crippen LogP contribution in [-0.2, 0) is 0 Å². The van der Waals surface area contributed by atoms with E-state index in [0.29, 0.717) is 0 Å². The van der Waals surface area contributed by atoms with Gasteiger partial charge in [-0.25, -0.2) is 4.98 Å². The Morgan fingerprint density at radius 2 is 0.750 bits per heavy atom. The maximum atomic E-state index is 5.29. The normalized spacial score (nSPS) is 11.6. The number of rotatable bonds is 3. The van der Waals surface area contributed by atoms with E-state index in [9.17, 15) is 0 Å². The van der Waals surface area contributed by atoms with Crippen molar-refractivity contribution in [1.29, 1.82) is 0 Å². The molecule has 204 valence electrons. The highest BCUT2D eigenvalue weighted by molar-refractivity contribution is 6.01. The fourth-order valence-electron chi connectivity index (χ4n) is 6.45. The first-order valence-corrected chi connectivity index (χ1v) is 15.0. The molecule has 9 aromatic rings. The first kappa shape index (κ1) is 24.7. The maximum Gasteiger partial charge on any atom is 0.0715 e. The zero-order valence-corrected chi connectivity index (χ0v) is 23.9. The van der Waals surface area contributed by atoms with E-state index in [2.05, 4.69) is 151 Å². The van der Waals surface area contributed by atoms with Crippen LogP contribution in [0.15, 0.2) is 158 Å². The average Bonchev–Trinajstić information content (AvgIpc) is 3.09. The molecule has 2 heterocycles. The quantitative estimate of drug-likeness (QED) is 0.202. The van der Waals surface area contributed by atoms with Gasteiger partial charge in [0.05, 0.1) is 16.9 Å². The van der Waals surface area contributed by atoms with Crippen LogP contribution in [0.5, 0.6) is 0 Å². The number of aromatic nitrogens is 2. The second-order valence-electron chi connectivity index (χ2n) is 11.6. The van der Waals surface area contributed by atoms with Gasteiger partial charge in [-0.1, -0.05) is 84.9 Å². The standard InChI is InChI=1S/C42H26N2/c1-3-8-29-21-37-23-35(13-11-31(37)18-27(29)6-1)41-25-39(33-15-16-40-34(20-33)10-5-17-43-40)26-42(44-41)36-14-12-32-19-28-7-2-4-9-30(28)22-38(32)24-36/h1-26H. The van der Waals surface area contributed by atoms with Gasteiger partial charge in [-0.15, -0.1) is 0 Å². The summed E-state index contributed by atoms with van der Waals surface area (Å²) < 4.78 is 0. The summed E-state index contributed by atoms with van der Waals surface area (Å²) in [6, 6.07) is 54.6. The lowest BCUT2D eigenvalue weighted by Gasteiger charge is -2.13. The van der Waals surface area contributed by atoms with Gasteiger partial charge in [0.15, 0.2) is 0 Å². The lowest BCUT2D eigenvalue weighted by Crippen LogP contribution is -1.92. The summed E-state index contributed by atoms with van der Waals surface area (Å²) in [6.07, 6.45) is 1.84. The third-order valence-corrected chi connectivity index (χ3v) is 8.76. The molecule has 0 saturated carbocycles. The summed E-state index contributed by atoms with van der Waals surface area (Å²) in [4.78, 5) is 9.82. The van der Waals surface area contributed by atoms with Crippen molar-refractivity contribution in [3.63, 3.8) is 0 Å². The van der Waals surface area contributed by atoms with Crippen molar-refractivity contribution in [2.24, 2.45) is 0 Å². The highest BCUT2D eigenvalue weighted by Gasteiger charge is 2.12. The molecule has 0 saturated heterocycles. The van der Waals surface area contributed by atoms with Crippen molar-refractivity contribution in [3.05, 3.63) is 158 Å². The van der Waals surface area contributed by atoms with Gasteiger partial charge >= 0.3 is 0 Å². The summed E-state index contributed by atoms with van der Waals surface area (Å²) in [5.74, 6) is 0. The van der Waals surface area contributed by atoms with E-state index < -0.39 is 0 Å². The predicted octanol–water partition coefficient (Wildman–Crippen LogP) is 11.2. The Kier molecular flexibility index (Phi) is 5.54. The molecule has 2 nitrogen and oxygen atoms in total. The Labute approximate surface area is 254 Å². The first-order chi connectivity index (χ1) is 21.7. The highest BCUT2D eigenvalue weighted by Crippen LogP contribution is 2.35. The summed E-state index contributed by atoms with van der Waals surface area (Å²) in [5, 5.41) is 11.0. The van der Waals surface area contributed by atoms with Gasteiger partial charge in [0.1, 0.15) is 0 Å². The Bertz CT molecular complexity index is 2430. The third-order valence-electron chi connectivity index (χ3n) is 8.76. The van der Waals surface area contributed by atoms with E-state index in [1.807, 2.05) is 12.3 Å².